The smallest absolute Gasteiger partial charge is 0.251 e. The van der Waals surface area contributed by atoms with Gasteiger partial charge in [0.2, 0.25) is 5.91 Å². The van der Waals surface area contributed by atoms with Gasteiger partial charge in [0.1, 0.15) is 6.04 Å². The highest BCUT2D eigenvalue weighted by atomic mass is 16.3. The van der Waals surface area contributed by atoms with Gasteiger partial charge in [0.25, 0.3) is 5.91 Å². The molecule has 0 radical (unpaired) electrons. The van der Waals surface area contributed by atoms with Crippen LogP contribution >= 0.6 is 0 Å². The third-order valence-corrected chi connectivity index (χ3v) is 3.73. The van der Waals surface area contributed by atoms with Crippen molar-refractivity contribution >= 4 is 11.8 Å². The van der Waals surface area contributed by atoms with Gasteiger partial charge < -0.3 is 15.7 Å². The largest absolute Gasteiger partial charge is 0.396 e. The standard InChI is InChI=1S/C19H23N3O3/c23-13-7-5-11-17(22-18(24)15-8-2-1-3-9-15)19(25)21-14-16-10-4-6-12-20-16/h1-4,6,8-10,12,17,23H,5,7,11,13-14H2,(H,21,25)(H,22,24). The molecular formula is C19H23N3O3. The second-order valence-electron chi connectivity index (χ2n) is 5.65. The molecule has 2 amide bonds. The molecule has 0 bridgehead atoms. The third kappa shape index (κ3) is 6.35. The maximum atomic E-state index is 12.5. The highest BCUT2D eigenvalue weighted by Crippen LogP contribution is 2.05. The second-order valence-corrected chi connectivity index (χ2v) is 5.65. The lowest BCUT2D eigenvalue weighted by molar-refractivity contribution is -0.123. The summed E-state index contributed by atoms with van der Waals surface area (Å²) in [6, 6.07) is 13.6. The Bertz CT molecular complexity index is 662. The van der Waals surface area contributed by atoms with Crippen molar-refractivity contribution in [3.63, 3.8) is 0 Å². The number of carbonyl (C=O) groups excluding carboxylic acids is 2. The van der Waals surface area contributed by atoms with Gasteiger partial charge in [-0.3, -0.25) is 14.6 Å². The van der Waals surface area contributed by atoms with Crippen molar-refractivity contribution in [3.8, 4) is 0 Å². The predicted molar refractivity (Wildman–Crippen MR) is 94.7 cm³/mol. The first-order valence-corrected chi connectivity index (χ1v) is 8.35. The molecule has 1 aromatic carbocycles. The van der Waals surface area contributed by atoms with E-state index in [4.69, 9.17) is 5.11 Å². The topological polar surface area (TPSA) is 91.3 Å². The van der Waals surface area contributed by atoms with Crippen molar-refractivity contribution in [2.75, 3.05) is 6.61 Å². The molecule has 0 aliphatic carbocycles. The number of nitrogens with zero attached hydrogens (tertiary/aromatic N) is 1. The Hall–Kier alpha value is -2.73. The molecule has 2 rings (SSSR count). The van der Waals surface area contributed by atoms with E-state index in [-0.39, 0.29) is 18.4 Å². The minimum atomic E-state index is -0.650. The molecule has 3 N–H and O–H groups in total. The fourth-order valence-corrected chi connectivity index (χ4v) is 2.36. The fourth-order valence-electron chi connectivity index (χ4n) is 2.36. The molecular weight excluding hydrogens is 318 g/mol. The summed E-state index contributed by atoms with van der Waals surface area (Å²) in [5.41, 5.74) is 1.26. The Balaban J connectivity index is 1.96. The summed E-state index contributed by atoms with van der Waals surface area (Å²) in [5.74, 6) is -0.546. The van der Waals surface area contributed by atoms with E-state index in [2.05, 4.69) is 15.6 Å². The number of rotatable bonds is 9. The molecule has 0 aliphatic heterocycles. The monoisotopic (exact) mass is 341 g/mol. The SMILES string of the molecule is O=C(NC(CCCCO)C(=O)NCc1ccccn1)c1ccccc1. The summed E-state index contributed by atoms with van der Waals surface area (Å²) in [6.45, 7) is 0.367. The third-order valence-electron chi connectivity index (χ3n) is 3.73. The normalized spacial score (nSPS) is 11.6. The molecule has 1 heterocycles. The summed E-state index contributed by atoms with van der Waals surface area (Å²) in [5, 5.41) is 14.5. The predicted octanol–water partition coefficient (Wildman–Crippen LogP) is 1.66. The number of aromatic nitrogens is 1. The maximum Gasteiger partial charge on any atom is 0.251 e. The number of pyridine rings is 1. The number of amides is 2. The van der Waals surface area contributed by atoms with Crippen LogP contribution in [0.2, 0.25) is 0 Å². The van der Waals surface area contributed by atoms with Gasteiger partial charge in [-0.1, -0.05) is 24.3 Å². The Morgan fingerprint density at radius 1 is 1.04 bits per heavy atom. The van der Waals surface area contributed by atoms with Gasteiger partial charge in [0.15, 0.2) is 0 Å². The number of hydrogen-bond donors (Lipinski definition) is 3. The molecule has 25 heavy (non-hydrogen) atoms. The van der Waals surface area contributed by atoms with Crippen LogP contribution < -0.4 is 10.6 Å². The Kier molecular flexibility index (Phi) is 7.59. The Morgan fingerprint density at radius 3 is 2.48 bits per heavy atom. The Morgan fingerprint density at radius 2 is 1.80 bits per heavy atom. The molecule has 0 aliphatic rings. The van der Waals surface area contributed by atoms with Crippen LogP contribution in [-0.2, 0) is 11.3 Å². The van der Waals surface area contributed by atoms with Crippen LogP contribution in [0.5, 0.6) is 0 Å². The fraction of sp³-hybridized carbons (Fsp3) is 0.316. The molecule has 1 atom stereocenters. The van der Waals surface area contributed by atoms with Crippen molar-refractivity contribution in [1.29, 1.82) is 0 Å². The Labute approximate surface area is 147 Å². The van der Waals surface area contributed by atoms with E-state index >= 15 is 0 Å². The molecule has 1 unspecified atom stereocenters. The van der Waals surface area contributed by atoms with Crippen molar-refractivity contribution in [2.24, 2.45) is 0 Å². The van der Waals surface area contributed by atoms with E-state index in [1.54, 1.807) is 30.5 Å². The zero-order valence-electron chi connectivity index (χ0n) is 14.0. The van der Waals surface area contributed by atoms with Crippen LogP contribution in [0, 0.1) is 0 Å². The molecule has 1 aromatic heterocycles. The summed E-state index contributed by atoms with van der Waals surface area (Å²) < 4.78 is 0. The van der Waals surface area contributed by atoms with E-state index in [1.807, 2.05) is 24.3 Å². The van der Waals surface area contributed by atoms with Crippen molar-refractivity contribution in [2.45, 2.75) is 31.8 Å². The summed E-state index contributed by atoms with van der Waals surface area (Å²) in [7, 11) is 0. The van der Waals surface area contributed by atoms with Gasteiger partial charge in [-0.2, -0.15) is 0 Å². The van der Waals surface area contributed by atoms with Crippen LogP contribution in [0.3, 0.4) is 0 Å². The van der Waals surface area contributed by atoms with E-state index in [9.17, 15) is 9.59 Å². The molecule has 0 saturated heterocycles. The van der Waals surface area contributed by atoms with E-state index in [0.29, 0.717) is 31.4 Å². The number of benzene rings is 1. The maximum absolute atomic E-state index is 12.5. The van der Waals surface area contributed by atoms with Crippen molar-refractivity contribution in [3.05, 3.63) is 66.0 Å². The molecule has 0 fully saturated rings. The second kappa shape index (κ2) is 10.2. The quantitative estimate of drug-likeness (QED) is 0.605. The average molecular weight is 341 g/mol. The van der Waals surface area contributed by atoms with Crippen LogP contribution in [0.25, 0.3) is 0 Å². The van der Waals surface area contributed by atoms with Gasteiger partial charge in [-0.25, -0.2) is 0 Å². The first kappa shape index (κ1) is 18.6. The molecule has 0 saturated carbocycles. The van der Waals surface area contributed by atoms with Gasteiger partial charge in [-0.05, 0) is 43.5 Å². The number of hydrogen-bond acceptors (Lipinski definition) is 4. The zero-order valence-corrected chi connectivity index (χ0v) is 14.0. The first-order valence-electron chi connectivity index (χ1n) is 8.35. The van der Waals surface area contributed by atoms with Crippen LogP contribution in [0.15, 0.2) is 54.7 Å². The lowest BCUT2D eigenvalue weighted by Gasteiger charge is -2.18. The lowest BCUT2D eigenvalue weighted by atomic mass is 10.1. The molecule has 0 spiro atoms. The first-order chi connectivity index (χ1) is 12.2. The summed E-state index contributed by atoms with van der Waals surface area (Å²) in [4.78, 5) is 28.9. The number of aliphatic hydroxyl groups excluding tert-OH is 1. The van der Waals surface area contributed by atoms with Gasteiger partial charge >= 0.3 is 0 Å². The van der Waals surface area contributed by atoms with Crippen LogP contribution in [0.1, 0.15) is 35.3 Å². The average Bonchev–Trinajstić information content (AvgIpc) is 2.67. The van der Waals surface area contributed by atoms with Gasteiger partial charge in [0, 0.05) is 18.4 Å². The number of aliphatic hydroxyl groups is 1. The van der Waals surface area contributed by atoms with Gasteiger partial charge in [-0.15, -0.1) is 0 Å². The van der Waals surface area contributed by atoms with Crippen LogP contribution in [-0.4, -0.2) is 34.6 Å². The lowest BCUT2D eigenvalue weighted by Crippen LogP contribution is -2.46. The minimum absolute atomic E-state index is 0.0644. The highest BCUT2D eigenvalue weighted by molar-refractivity contribution is 5.97. The van der Waals surface area contributed by atoms with Gasteiger partial charge in [0.05, 0.1) is 12.2 Å². The van der Waals surface area contributed by atoms with Crippen molar-refractivity contribution < 1.29 is 14.7 Å². The zero-order chi connectivity index (χ0) is 17.9. The number of nitrogens with one attached hydrogen (secondary N) is 2. The molecule has 2 aromatic rings. The molecule has 6 nitrogen and oxygen atoms in total. The molecule has 132 valence electrons. The minimum Gasteiger partial charge on any atom is -0.396 e. The van der Waals surface area contributed by atoms with E-state index in [0.717, 1.165) is 5.69 Å². The summed E-state index contributed by atoms with van der Waals surface area (Å²) >= 11 is 0. The van der Waals surface area contributed by atoms with Crippen molar-refractivity contribution in [1.82, 2.24) is 15.6 Å². The summed E-state index contributed by atoms with van der Waals surface area (Å²) in [6.07, 6.45) is 3.36. The van der Waals surface area contributed by atoms with E-state index < -0.39 is 6.04 Å². The number of carbonyl (C=O) groups is 2. The highest BCUT2D eigenvalue weighted by Gasteiger charge is 2.20. The van der Waals surface area contributed by atoms with E-state index in [1.165, 1.54) is 0 Å². The van der Waals surface area contributed by atoms with Crippen LogP contribution in [0.4, 0.5) is 0 Å². The number of unbranched alkanes of at least 4 members (excludes halogenated alkanes) is 1. The molecule has 6 heteroatoms.